The van der Waals surface area contributed by atoms with Gasteiger partial charge in [0.1, 0.15) is 11.3 Å². The normalized spacial score (nSPS) is 10.9. The van der Waals surface area contributed by atoms with Crippen LogP contribution in [-0.2, 0) is 0 Å². The van der Waals surface area contributed by atoms with E-state index in [1.165, 1.54) is 0 Å². The summed E-state index contributed by atoms with van der Waals surface area (Å²) in [7, 11) is 0. The summed E-state index contributed by atoms with van der Waals surface area (Å²) >= 11 is 6.06. The molecule has 62 valence electrons. The highest BCUT2D eigenvalue weighted by molar-refractivity contribution is 6.35. The number of imidazole rings is 1. The van der Waals surface area contributed by atoms with Gasteiger partial charge in [-0.25, -0.2) is 4.98 Å². The van der Waals surface area contributed by atoms with E-state index in [0.717, 1.165) is 27.4 Å². The predicted molar refractivity (Wildman–Crippen MR) is 50.6 cm³/mol. The van der Waals surface area contributed by atoms with Gasteiger partial charge in [-0.1, -0.05) is 17.7 Å². The smallest absolute Gasteiger partial charge is 0.107 e. The second-order valence-corrected chi connectivity index (χ2v) is 3.29. The molecule has 2 nitrogen and oxygen atoms in total. The summed E-state index contributed by atoms with van der Waals surface area (Å²) in [5, 5.41) is 0.747. The van der Waals surface area contributed by atoms with Gasteiger partial charge >= 0.3 is 0 Å². The van der Waals surface area contributed by atoms with Gasteiger partial charge < -0.3 is 4.98 Å². The van der Waals surface area contributed by atoms with Crippen LogP contribution in [0.5, 0.6) is 0 Å². The minimum absolute atomic E-state index is 0.747. The number of nitrogens with one attached hydrogen (secondary N) is 1. The van der Waals surface area contributed by atoms with Crippen LogP contribution in [0.1, 0.15) is 11.4 Å². The van der Waals surface area contributed by atoms with Crippen molar-refractivity contribution in [2.24, 2.45) is 0 Å². The summed E-state index contributed by atoms with van der Waals surface area (Å²) in [6.07, 6.45) is 0. The minimum atomic E-state index is 0.747. The Morgan fingerprint density at radius 3 is 2.83 bits per heavy atom. The minimum Gasteiger partial charge on any atom is -0.342 e. The van der Waals surface area contributed by atoms with Crippen LogP contribution in [0.25, 0.3) is 11.0 Å². The van der Waals surface area contributed by atoms with Crippen molar-refractivity contribution in [1.82, 2.24) is 9.97 Å². The van der Waals surface area contributed by atoms with Crippen LogP contribution in [0.2, 0.25) is 5.02 Å². The first-order valence-electron chi connectivity index (χ1n) is 3.80. The van der Waals surface area contributed by atoms with E-state index in [0.29, 0.717) is 0 Å². The summed E-state index contributed by atoms with van der Waals surface area (Å²) in [4.78, 5) is 7.42. The molecule has 0 aliphatic carbocycles. The number of H-pyrrole nitrogens is 1. The first kappa shape index (κ1) is 7.62. The van der Waals surface area contributed by atoms with E-state index in [9.17, 15) is 0 Å². The molecule has 0 radical (unpaired) electrons. The molecular weight excluding hydrogens is 172 g/mol. The van der Waals surface area contributed by atoms with Crippen molar-refractivity contribution in [3.05, 3.63) is 28.5 Å². The van der Waals surface area contributed by atoms with Gasteiger partial charge in [0.25, 0.3) is 0 Å². The van der Waals surface area contributed by atoms with Gasteiger partial charge in [0.15, 0.2) is 0 Å². The molecule has 1 aromatic carbocycles. The number of aromatic nitrogens is 2. The highest BCUT2D eigenvalue weighted by atomic mass is 35.5. The number of rotatable bonds is 0. The number of hydrogen-bond acceptors (Lipinski definition) is 1. The van der Waals surface area contributed by atoms with Gasteiger partial charge in [0.2, 0.25) is 0 Å². The lowest BCUT2D eigenvalue weighted by Crippen LogP contribution is -1.76. The Morgan fingerprint density at radius 2 is 2.08 bits per heavy atom. The van der Waals surface area contributed by atoms with E-state index in [4.69, 9.17) is 11.6 Å². The van der Waals surface area contributed by atoms with Gasteiger partial charge in [0.05, 0.1) is 10.5 Å². The number of benzene rings is 1. The molecule has 3 heteroatoms. The van der Waals surface area contributed by atoms with E-state index < -0.39 is 0 Å². The Bertz CT molecular complexity index is 431. The van der Waals surface area contributed by atoms with Crippen molar-refractivity contribution in [3.8, 4) is 0 Å². The third kappa shape index (κ3) is 0.994. The number of fused-ring (bicyclic) bond motifs is 1. The van der Waals surface area contributed by atoms with Crippen molar-refractivity contribution in [3.63, 3.8) is 0 Å². The molecular formula is C9H9ClN2. The lowest BCUT2D eigenvalue weighted by molar-refractivity contribution is 1.17. The fraction of sp³-hybridized carbons (Fsp3) is 0.222. The highest BCUT2D eigenvalue weighted by Gasteiger charge is 2.05. The van der Waals surface area contributed by atoms with Crippen molar-refractivity contribution in [2.75, 3.05) is 0 Å². The molecule has 1 aromatic heterocycles. The maximum absolute atomic E-state index is 6.06. The second kappa shape index (κ2) is 2.49. The lowest BCUT2D eigenvalue weighted by atomic mass is 10.2. The zero-order chi connectivity index (χ0) is 8.72. The Kier molecular flexibility index (Phi) is 1.58. The van der Waals surface area contributed by atoms with Crippen molar-refractivity contribution in [1.29, 1.82) is 0 Å². The largest absolute Gasteiger partial charge is 0.342 e. The fourth-order valence-corrected chi connectivity index (χ4v) is 1.47. The van der Waals surface area contributed by atoms with Crippen molar-refractivity contribution in [2.45, 2.75) is 13.8 Å². The Balaban J connectivity index is 2.89. The maximum Gasteiger partial charge on any atom is 0.107 e. The van der Waals surface area contributed by atoms with Crippen molar-refractivity contribution >= 4 is 22.6 Å². The Hall–Kier alpha value is -1.02. The van der Waals surface area contributed by atoms with Crippen LogP contribution >= 0.6 is 11.6 Å². The van der Waals surface area contributed by atoms with Gasteiger partial charge in [0, 0.05) is 0 Å². The number of hydrogen-bond donors (Lipinski definition) is 1. The Morgan fingerprint density at radius 1 is 1.33 bits per heavy atom. The number of aryl methyl sites for hydroxylation is 2. The molecule has 2 aromatic rings. The molecule has 0 saturated heterocycles. The molecule has 2 rings (SSSR count). The number of nitrogens with zero attached hydrogens (tertiary/aromatic N) is 1. The SMILES string of the molecule is Cc1nc2c(Cl)c(C)ccc2[nH]1. The molecule has 0 aliphatic rings. The standard InChI is InChI=1S/C9H9ClN2/c1-5-3-4-7-9(8(5)10)12-6(2)11-7/h3-4H,1-2H3,(H,11,12). The summed E-state index contributed by atoms with van der Waals surface area (Å²) in [6.45, 7) is 3.90. The molecule has 1 N–H and O–H groups in total. The van der Waals surface area contributed by atoms with Gasteiger partial charge in [-0.2, -0.15) is 0 Å². The van der Waals surface area contributed by atoms with E-state index in [1.54, 1.807) is 0 Å². The van der Waals surface area contributed by atoms with Crippen LogP contribution in [-0.4, -0.2) is 9.97 Å². The van der Waals surface area contributed by atoms with Crippen LogP contribution in [0.15, 0.2) is 12.1 Å². The first-order chi connectivity index (χ1) is 5.68. The zero-order valence-electron chi connectivity index (χ0n) is 6.98. The van der Waals surface area contributed by atoms with E-state index in [1.807, 2.05) is 26.0 Å². The topological polar surface area (TPSA) is 28.7 Å². The number of halogens is 1. The summed E-state index contributed by atoms with van der Waals surface area (Å²) < 4.78 is 0. The molecule has 0 atom stereocenters. The van der Waals surface area contributed by atoms with Gasteiger partial charge in [-0.15, -0.1) is 0 Å². The predicted octanol–water partition coefficient (Wildman–Crippen LogP) is 2.83. The van der Waals surface area contributed by atoms with Gasteiger partial charge in [-0.3, -0.25) is 0 Å². The molecule has 0 amide bonds. The third-order valence-corrected chi connectivity index (χ3v) is 2.38. The molecule has 0 unspecified atom stereocenters. The van der Waals surface area contributed by atoms with Crippen LogP contribution in [0.3, 0.4) is 0 Å². The lowest BCUT2D eigenvalue weighted by Gasteiger charge is -1.95. The quantitative estimate of drug-likeness (QED) is 0.664. The second-order valence-electron chi connectivity index (χ2n) is 2.91. The van der Waals surface area contributed by atoms with Crippen LogP contribution in [0, 0.1) is 13.8 Å². The average molecular weight is 181 g/mol. The zero-order valence-corrected chi connectivity index (χ0v) is 7.74. The van der Waals surface area contributed by atoms with Crippen LogP contribution < -0.4 is 0 Å². The molecule has 0 spiro atoms. The van der Waals surface area contributed by atoms with Gasteiger partial charge in [-0.05, 0) is 25.5 Å². The van der Waals surface area contributed by atoms with E-state index in [2.05, 4.69) is 9.97 Å². The van der Waals surface area contributed by atoms with E-state index in [-0.39, 0.29) is 0 Å². The first-order valence-corrected chi connectivity index (χ1v) is 4.17. The molecule has 12 heavy (non-hydrogen) atoms. The summed E-state index contributed by atoms with van der Waals surface area (Å²) in [5.41, 5.74) is 2.94. The third-order valence-electron chi connectivity index (χ3n) is 1.90. The molecule has 0 fully saturated rings. The fourth-order valence-electron chi connectivity index (χ4n) is 1.27. The molecule has 0 aliphatic heterocycles. The summed E-state index contributed by atoms with van der Waals surface area (Å²) in [6, 6.07) is 3.98. The van der Waals surface area contributed by atoms with Crippen molar-refractivity contribution < 1.29 is 0 Å². The molecule has 0 bridgehead atoms. The maximum atomic E-state index is 6.06. The highest BCUT2D eigenvalue weighted by Crippen LogP contribution is 2.24. The van der Waals surface area contributed by atoms with Crippen LogP contribution in [0.4, 0.5) is 0 Å². The molecule has 0 saturated carbocycles. The Labute approximate surface area is 75.6 Å². The molecule has 1 heterocycles. The van der Waals surface area contributed by atoms with E-state index >= 15 is 0 Å². The summed E-state index contributed by atoms with van der Waals surface area (Å²) in [5.74, 6) is 0.900. The number of aromatic amines is 1. The monoisotopic (exact) mass is 180 g/mol. The average Bonchev–Trinajstić information content (AvgIpc) is 2.39.